The summed E-state index contributed by atoms with van der Waals surface area (Å²) in [5.41, 5.74) is 0.0433. The topological polar surface area (TPSA) is 67.2 Å². The number of methoxy groups -OCH3 is 1. The van der Waals surface area contributed by atoms with Crippen LogP contribution in [-0.4, -0.2) is 18.9 Å². The lowest BCUT2D eigenvalue weighted by atomic mass is 9.94. The van der Waals surface area contributed by atoms with Crippen LogP contribution in [0.1, 0.15) is 24.0 Å². The third-order valence-electron chi connectivity index (χ3n) is 2.28. The Kier molecular flexibility index (Phi) is 3.94. The van der Waals surface area contributed by atoms with Crippen molar-refractivity contribution >= 4 is 11.8 Å². The molecule has 0 spiro atoms. The first-order chi connectivity index (χ1) is 8.01. The van der Waals surface area contributed by atoms with E-state index in [0.29, 0.717) is 0 Å². The van der Waals surface area contributed by atoms with Crippen LogP contribution in [0.4, 0.5) is 4.39 Å². The molecule has 1 rings (SSSR count). The molecular weight excluding hydrogens is 225 g/mol. The average molecular weight is 235 g/mol. The fraction of sp³-hybridized carbons (Fsp3) is 0.250. The van der Waals surface area contributed by atoms with Gasteiger partial charge in [0, 0.05) is 5.56 Å². The second kappa shape index (κ2) is 5.21. The van der Waals surface area contributed by atoms with E-state index < -0.39 is 23.5 Å². The molecule has 0 radical (unpaired) electrons. The molecule has 0 N–H and O–H groups in total. The van der Waals surface area contributed by atoms with E-state index >= 15 is 0 Å². The van der Waals surface area contributed by atoms with Crippen LogP contribution in [-0.2, 0) is 14.3 Å². The van der Waals surface area contributed by atoms with Gasteiger partial charge in [0.05, 0.1) is 18.7 Å². The Morgan fingerprint density at radius 3 is 2.53 bits per heavy atom. The average Bonchev–Trinajstić information content (AvgIpc) is 2.30. The van der Waals surface area contributed by atoms with Gasteiger partial charge in [0.25, 0.3) is 0 Å². The van der Waals surface area contributed by atoms with E-state index in [1.165, 1.54) is 19.1 Å². The molecule has 5 heteroatoms. The number of halogens is 1. The number of carbonyl (C=O) groups is 2. The highest BCUT2D eigenvalue weighted by Crippen LogP contribution is 2.22. The van der Waals surface area contributed by atoms with Crippen molar-refractivity contribution in [2.45, 2.75) is 12.8 Å². The summed E-state index contributed by atoms with van der Waals surface area (Å²) in [5, 5.41) is 8.58. The van der Waals surface area contributed by atoms with Gasteiger partial charge in [-0.2, -0.15) is 5.26 Å². The van der Waals surface area contributed by atoms with Crippen LogP contribution in [0.15, 0.2) is 18.2 Å². The number of carbonyl (C=O) groups excluding carboxylic acids is 2. The fourth-order valence-corrected chi connectivity index (χ4v) is 1.46. The molecule has 17 heavy (non-hydrogen) atoms. The zero-order chi connectivity index (χ0) is 13.0. The molecule has 0 fully saturated rings. The minimum atomic E-state index is -1.28. The molecule has 1 aromatic rings. The SMILES string of the molecule is COC(=O)C(C(C)=O)c1ccc(C#N)cc1F. The van der Waals surface area contributed by atoms with E-state index in [1.807, 2.05) is 0 Å². The highest BCUT2D eigenvalue weighted by atomic mass is 19.1. The summed E-state index contributed by atoms with van der Waals surface area (Å²) in [6.45, 7) is 1.18. The first-order valence-corrected chi connectivity index (χ1v) is 4.79. The van der Waals surface area contributed by atoms with Gasteiger partial charge in [0.1, 0.15) is 17.5 Å². The molecule has 4 nitrogen and oxygen atoms in total. The number of nitriles is 1. The Balaban J connectivity index is 3.25. The molecule has 1 atom stereocenters. The summed E-state index contributed by atoms with van der Waals surface area (Å²) >= 11 is 0. The number of esters is 1. The highest BCUT2D eigenvalue weighted by molar-refractivity contribution is 6.03. The number of hydrogen-bond acceptors (Lipinski definition) is 4. The molecule has 0 saturated carbocycles. The van der Waals surface area contributed by atoms with Crippen LogP contribution < -0.4 is 0 Å². The number of hydrogen-bond donors (Lipinski definition) is 0. The minimum absolute atomic E-state index is 0.0802. The molecular formula is C12H10FNO3. The first-order valence-electron chi connectivity index (χ1n) is 4.79. The van der Waals surface area contributed by atoms with Crippen LogP contribution in [0.2, 0.25) is 0 Å². The van der Waals surface area contributed by atoms with Crippen molar-refractivity contribution in [3.63, 3.8) is 0 Å². The predicted octanol–water partition coefficient (Wildman–Crippen LogP) is 1.54. The van der Waals surface area contributed by atoms with E-state index in [2.05, 4.69) is 4.74 Å². The smallest absolute Gasteiger partial charge is 0.320 e. The maximum atomic E-state index is 13.6. The molecule has 0 amide bonds. The van der Waals surface area contributed by atoms with E-state index in [9.17, 15) is 14.0 Å². The van der Waals surface area contributed by atoms with Gasteiger partial charge in [0.15, 0.2) is 0 Å². The van der Waals surface area contributed by atoms with Crippen molar-refractivity contribution in [3.8, 4) is 6.07 Å². The summed E-state index contributed by atoms with van der Waals surface area (Å²) in [4.78, 5) is 22.7. The zero-order valence-electron chi connectivity index (χ0n) is 9.36. The monoisotopic (exact) mass is 235 g/mol. The highest BCUT2D eigenvalue weighted by Gasteiger charge is 2.28. The van der Waals surface area contributed by atoms with Crippen molar-refractivity contribution in [3.05, 3.63) is 35.1 Å². The van der Waals surface area contributed by atoms with Crippen molar-refractivity contribution < 1.29 is 18.7 Å². The Morgan fingerprint density at radius 2 is 2.12 bits per heavy atom. The number of Topliss-reactive ketones (excluding diaryl/α,β-unsaturated/α-hetero) is 1. The summed E-state index contributed by atoms with van der Waals surface area (Å²) in [6, 6.07) is 5.34. The van der Waals surface area contributed by atoms with Gasteiger partial charge < -0.3 is 4.74 Å². The van der Waals surface area contributed by atoms with Crippen LogP contribution in [0.25, 0.3) is 0 Å². The number of nitrogens with zero attached hydrogens (tertiary/aromatic N) is 1. The molecule has 0 aliphatic heterocycles. The van der Waals surface area contributed by atoms with Crippen LogP contribution in [0.5, 0.6) is 0 Å². The molecule has 0 aliphatic carbocycles. The first kappa shape index (κ1) is 12.8. The van der Waals surface area contributed by atoms with Crippen LogP contribution in [0, 0.1) is 17.1 Å². The molecule has 0 saturated heterocycles. The standard InChI is InChI=1S/C12H10FNO3/c1-7(15)11(12(16)17-2)9-4-3-8(6-14)5-10(9)13/h3-5,11H,1-2H3. The van der Waals surface area contributed by atoms with Gasteiger partial charge in [-0.05, 0) is 19.1 Å². The Labute approximate surface area is 97.6 Å². The minimum Gasteiger partial charge on any atom is -0.468 e. The largest absolute Gasteiger partial charge is 0.468 e. The van der Waals surface area contributed by atoms with Crippen molar-refractivity contribution in [2.24, 2.45) is 0 Å². The molecule has 0 aliphatic rings. The lowest BCUT2D eigenvalue weighted by molar-refractivity contribution is -0.145. The molecule has 0 heterocycles. The second-order valence-electron chi connectivity index (χ2n) is 3.41. The van der Waals surface area contributed by atoms with E-state index in [-0.39, 0.29) is 11.1 Å². The maximum Gasteiger partial charge on any atom is 0.320 e. The third kappa shape index (κ3) is 2.67. The van der Waals surface area contributed by atoms with Gasteiger partial charge in [-0.1, -0.05) is 6.07 Å². The Morgan fingerprint density at radius 1 is 1.47 bits per heavy atom. The fourth-order valence-electron chi connectivity index (χ4n) is 1.46. The van der Waals surface area contributed by atoms with Gasteiger partial charge in [-0.15, -0.1) is 0 Å². The quantitative estimate of drug-likeness (QED) is 0.588. The summed E-state index contributed by atoms with van der Waals surface area (Å²) in [5.74, 6) is -3.39. The zero-order valence-corrected chi connectivity index (χ0v) is 9.36. The molecule has 0 aromatic heterocycles. The number of benzene rings is 1. The van der Waals surface area contributed by atoms with E-state index in [4.69, 9.17) is 5.26 Å². The summed E-state index contributed by atoms with van der Waals surface area (Å²) < 4.78 is 18.1. The third-order valence-corrected chi connectivity index (χ3v) is 2.28. The molecule has 0 bridgehead atoms. The van der Waals surface area contributed by atoms with E-state index in [1.54, 1.807) is 6.07 Å². The lowest BCUT2D eigenvalue weighted by Crippen LogP contribution is -2.22. The number of ether oxygens (including phenoxy) is 1. The Bertz CT molecular complexity index is 505. The van der Waals surface area contributed by atoms with Crippen molar-refractivity contribution in [1.82, 2.24) is 0 Å². The van der Waals surface area contributed by atoms with Crippen LogP contribution >= 0.6 is 0 Å². The molecule has 1 aromatic carbocycles. The molecule has 1 unspecified atom stereocenters. The van der Waals surface area contributed by atoms with Gasteiger partial charge in [-0.3, -0.25) is 9.59 Å². The maximum absolute atomic E-state index is 13.6. The Hall–Kier alpha value is -2.22. The van der Waals surface area contributed by atoms with Crippen molar-refractivity contribution in [1.29, 1.82) is 5.26 Å². The second-order valence-corrected chi connectivity index (χ2v) is 3.41. The normalized spacial score (nSPS) is 11.4. The van der Waals surface area contributed by atoms with Gasteiger partial charge in [0.2, 0.25) is 0 Å². The number of rotatable bonds is 3. The summed E-state index contributed by atoms with van der Waals surface area (Å²) in [6.07, 6.45) is 0. The number of ketones is 1. The van der Waals surface area contributed by atoms with Gasteiger partial charge >= 0.3 is 5.97 Å². The lowest BCUT2D eigenvalue weighted by Gasteiger charge is -2.12. The summed E-state index contributed by atoms with van der Waals surface area (Å²) in [7, 11) is 1.12. The van der Waals surface area contributed by atoms with Crippen molar-refractivity contribution in [2.75, 3.05) is 7.11 Å². The van der Waals surface area contributed by atoms with Crippen LogP contribution in [0.3, 0.4) is 0 Å². The van der Waals surface area contributed by atoms with E-state index in [0.717, 1.165) is 13.2 Å². The predicted molar refractivity (Wildman–Crippen MR) is 56.6 cm³/mol. The molecule has 88 valence electrons. The van der Waals surface area contributed by atoms with Gasteiger partial charge in [-0.25, -0.2) is 4.39 Å².